The average Bonchev–Trinajstić information content (AvgIpc) is 2.50. The number of rotatable bonds is 15. The van der Waals surface area contributed by atoms with Gasteiger partial charge >= 0.3 is 5.97 Å². The van der Waals surface area contributed by atoms with E-state index in [0.717, 1.165) is 12.8 Å². The molecule has 0 fully saturated rings. The molecule has 24 heavy (non-hydrogen) atoms. The molecule has 0 saturated heterocycles. The molecular weight excluding hydrogens is 300 g/mol. The highest BCUT2D eigenvalue weighted by atomic mass is 16.4. The first kappa shape index (κ1) is 25.1. The van der Waals surface area contributed by atoms with Gasteiger partial charge < -0.3 is 9.90 Å². The molecule has 0 radical (unpaired) electrons. The lowest BCUT2D eigenvalue weighted by Crippen LogP contribution is -1.93. The first-order valence-electron chi connectivity index (χ1n) is 9.84. The molecule has 142 valence electrons. The van der Waals surface area contributed by atoms with E-state index in [9.17, 15) is 9.59 Å². The SMILES string of the molecule is CC(C)=O.CCCCCCCC/C=C\CCCCCCCC(=O)O. The van der Waals surface area contributed by atoms with Gasteiger partial charge in [0.15, 0.2) is 0 Å². The number of carbonyl (C=O) groups excluding carboxylic acids is 1. The number of hydrogen-bond acceptors (Lipinski definition) is 2. The van der Waals surface area contributed by atoms with Crippen LogP contribution in [0.5, 0.6) is 0 Å². The van der Waals surface area contributed by atoms with Crippen molar-refractivity contribution in [3.63, 3.8) is 0 Å². The van der Waals surface area contributed by atoms with Crippen molar-refractivity contribution >= 4 is 11.8 Å². The zero-order chi connectivity index (χ0) is 18.5. The summed E-state index contributed by atoms with van der Waals surface area (Å²) in [7, 11) is 0. The van der Waals surface area contributed by atoms with Crippen molar-refractivity contribution in [1.29, 1.82) is 0 Å². The third-order valence-electron chi connectivity index (χ3n) is 3.65. The van der Waals surface area contributed by atoms with E-state index in [2.05, 4.69) is 19.1 Å². The predicted octanol–water partition coefficient (Wildman–Crippen LogP) is 6.70. The summed E-state index contributed by atoms with van der Waals surface area (Å²) < 4.78 is 0. The van der Waals surface area contributed by atoms with Crippen molar-refractivity contribution in [3.8, 4) is 0 Å². The van der Waals surface area contributed by atoms with Gasteiger partial charge in [-0.05, 0) is 46.0 Å². The van der Waals surface area contributed by atoms with Gasteiger partial charge in [0.1, 0.15) is 5.78 Å². The van der Waals surface area contributed by atoms with Crippen LogP contribution in [0.15, 0.2) is 12.2 Å². The van der Waals surface area contributed by atoms with Gasteiger partial charge in [0.05, 0.1) is 0 Å². The van der Waals surface area contributed by atoms with Crippen LogP contribution in [0.3, 0.4) is 0 Å². The van der Waals surface area contributed by atoms with Gasteiger partial charge in [-0.3, -0.25) is 4.79 Å². The lowest BCUT2D eigenvalue weighted by Gasteiger charge is -1.99. The molecule has 0 unspecified atom stereocenters. The first-order valence-corrected chi connectivity index (χ1v) is 9.84. The van der Waals surface area contributed by atoms with Crippen LogP contribution in [0.1, 0.15) is 111 Å². The lowest BCUT2D eigenvalue weighted by atomic mass is 10.1. The number of ketones is 1. The maximum Gasteiger partial charge on any atom is 0.303 e. The van der Waals surface area contributed by atoms with Gasteiger partial charge in [-0.2, -0.15) is 0 Å². The van der Waals surface area contributed by atoms with Crippen LogP contribution in [0.4, 0.5) is 0 Å². The molecule has 0 spiro atoms. The molecule has 0 aromatic carbocycles. The Bertz CT molecular complexity index is 304. The monoisotopic (exact) mass is 340 g/mol. The van der Waals surface area contributed by atoms with E-state index in [0.29, 0.717) is 6.42 Å². The predicted molar refractivity (Wildman–Crippen MR) is 103 cm³/mol. The normalized spacial score (nSPS) is 10.5. The van der Waals surface area contributed by atoms with Gasteiger partial charge in [-0.15, -0.1) is 0 Å². The first-order chi connectivity index (χ1) is 11.5. The highest BCUT2D eigenvalue weighted by molar-refractivity contribution is 5.72. The van der Waals surface area contributed by atoms with Gasteiger partial charge in [0.2, 0.25) is 0 Å². The Labute approximate surface area is 149 Å². The lowest BCUT2D eigenvalue weighted by molar-refractivity contribution is -0.137. The van der Waals surface area contributed by atoms with Gasteiger partial charge in [-0.1, -0.05) is 70.4 Å². The zero-order valence-corrected chi connectivity index (χ0v) is 16.3. The van der Waals surface area contributed by atoms with Crippen LogP contribution in [0.2, 0.25) is 0 Å². The quantitative estimate of drug-likeness (QED) is 0.266. The van der Waals surface area contributed by atoms with E-state index in [4.69, 9.17) is 5.11 Å². The molecule has 0 aliphatic rings. The number of carbonyl (C=O) groups is 2. The number of allylic oxidation sites excluding steroid dienone is 2. The van der Waals surface area contributed by atoms with E-state index in [1.165, 1.54) is 84.5 Å². The van der Waals surface area contributed by atoms with Crippen LogP contribution in [-0.4, -0.2) is 16.9 Å². The second-order valence-corrected chi connectivity index (χ2v) is 6.64. The molecule has 0 aliphatic heterocycles. The molecular formula is C21H40O3. The summed E-state index contributed by atoms with van der Waals surface area (Å²) in [5.74, 6) is -0.498. The Morgan fingerprint density at radius 1 is 0.708 bits per heavy atom. The zero-order valence-electron chi connectivity index (χ0n) is 16.3. The largest absolute Gasteiger partial charge is 0.481 e. The minimum absolute atomic E-state index is 0.167. The molecule has 0 rings (SSSR count). The van der Waals surface area contributed by atoms with Crippen molar-refractivity contribution in [2.24, 2.45) is 0 Å². The van der Waals surface area contributed by atoms with Crippen LogP contribution in [-0.2, 0) is 9.59 Å². The Balaban J connectivity index is 0. The second kappa shape index (κ2) is 21.9. The third kappa shape index (κ3) is 32.7. The van der Waals surface area contributed by atoms with Gasteiger partial charge in [0, 0.05) is 6.42 Å². The highest BCUT2D eigenvalue weighted by Crippen LogP contribution is 2.09. The number of unbranched alkanes of at least 4 members (excludes halogenated alkanes) is 11. The summed E-state index contributed by atoms with van der Waals surface area (Å²) in [6, 6.07) is 0. The van der Waals surface area contributed by atoms with Gasteiger partial charge in [0.25, 0.3) is 0 Å². The maximum absolute atomic E-state index is 10.3. The topological polar surface area (TPSA) is 54.4 Å². The number of carboxylic acids is 1. The number of Topliss-reactive ketones (excluding diaryl/α,β-unsaturated/α-hetero) is 1. The van der Waals surface area contributed by atoms with Crippen molar-refractivity contribution < 1.29 is 14.7 Å². The van der Waals surface area contributed by atoms with Crippen molar-refractivity contribution in [2.45, 2.75) is 111 Å². The molecule has 0 bridgehead atoms. The summed E-state index contributed by atoms with van der Waals surface area (Å²) in [6.45, 7) is 5.31. The number of hydrogen-bond donors (Lipinski definition) is 1. The standard InChI is InChI=1S/C18H34O2.C3H6O/c1-2-3-4-5-6-7-8-9-10-11-12-13-14-15-16-17-18(19)20;1-3(2)4/h9-10H,2-8,11-17H2,1H3,(H,19,20);1-2H3/b10-9-;. The molecule has 0 saturated carbocycles. The molecule has 0 aromatic rings. The Hall–Kier alpha value is -1.12. The van der Waals surface area contributed by atoms with Crippen LogP contribution in [0.25, 0.3) is 0 Å². The van der Waals surface area contributed by atoms with E-state index in [1.807, 2.05) is 0 Å². The van der Waals surface area contributed by atoms with Crippen molar-refractivity contribution in [2.75, 3.05) is 0 Å². The Morgan fingerprint density at radius 2 is 1.08 bits per heavy atom. The molecule has 0 heterocycles. The number of carboxylic acid groups (broad SMARTS) is 1. The second-order valence-electron chi connectivity index (χ2n) is 6.64. The van der Waals surface area contributed by atoms with Crippen LogP contribution < -0.4 is 0 Å². The van der Waals surface area contributed by atoms with E-state index < -0.39 is 5.97 Å². The summed E-state index contributed by atoms with van der Waals surface area (Å²) >= 11 is 0. The highest BCUT2D eigenvalue weighted by Gasteiger charge is 1.95. The molecule has 0 aliphatic carbocycles. The molecule has 0 aromatic heterocycles. The van der Waals surface area contributed by atoms with E-state index >= 15 is 0 Å². The molecule has 3 heteroatoms. The summed E-state index contributed by atoms with van der Waals surface area (Å²) in [5.41, 5.74) is 0. The molecule has 0 amide bonds. The average molecular weight is 341 g/mol. The number of aliphatic carboxylic acids is 1. The smallest absolute Gasteiger partial charge is 0.303 e. The minimum atomic E-state index is -0.664. The summed E-state index contributed by atoms with van der Waals surface area (Å²) in [6.07, 6.45) is 21.2. The molecule has 0 atom stereocenters. The fourth-order valence-corrected chi connectivity index (χ4v) is 2.35. The molecule has 3 nitrogen and oxygen atoms in total. The van der Waals surface area contributed by atoms with Crippen molar-refractivity contribution in [1.82, 2.24) is 0 Å². The fourth-order valence-electron chi connectivity index (χ4n) is 2.35. The molecule has 1 N–H and O–H groups in total. The van der Waals surface area contributed by atoms with E-state index in [-0.39, 0.29) is 5.78 Å². The third-order valence-corrected chi connectivity index (χ3v) is 3.65. The van der Waals surface area contributed by atoms with Crippen molar-refractivity contribution in [3.05, 3.63) is 12.2 Å². The Morgan fingerprint density at radius 3 is 1.50 bits per heavy atom. The van der Waals surface area contributed by atoms with E-state index in [1.54, 1.807) is 0 Å². The Kier molecular flexibility index (Phi) is 22.9. The van der Waals surface area contributed by atoms with Crippen LogP contribution >= 0.6 is 0 Å². The summed E-state index contributed by atoms with van der Waals surface area (Å²) in [4.78, 5) is 19.8. The maximum atomic E-state index is 10.3. The minimum Gasteiger partial charge on any atom is -0.481 e. The van der Waals surface area contributed by atoms with Gasteiger partial charge in [-0.25, -0.2) is 0 Å². The summed E-state index contributed by atoms with van der Waals surface area (Å²) in [5, 5.41) is 8.51. The van der Waals surface area contributed by atoms with Crippen LogP contribution in [0, 0.1) is 0 Å². The fraction of sp³-hybridized carbons (Fsp3) is 0.810.